The molecule has 14 heavy (non-hydrogen) atoms. The second-order valence-corrected chi connectivity index (χ2v) is 5.22. The Bertz CT molecular complexity index is 312. The van der Waals surface area contributed by atoms with Crippen molar-refractivity contribution in [3.05, 3.63) is 35.9 Å². The molecule has 2 fully saturated rings. The summed E-state index contributed by atoms with van der Waals surface area (Å²) in [7, 11) is 0. The average molecular weight is 186 g/mol. The van der Waals surface area contributed by atoms with Crippen LogP contribution in [0.1, 0.15) is 37.7 Å². The largest absolute Gasteiger partial charge is 0.0622 e. The van der Waals surface area contributed by atoms with Crippen molar-refractivity contribution in [3.8, 4) is 0 Å². The summed E-state index contributed by atoms with van der Waals surface area (Å²) in [5.41, 5.74) is 1.59. The van der Waals surface area contributed by atoms with Crippen LogP contribution >= 0.6 is 0 Å². The molecule has 0 heteroatoms. The van der Waals surface area contributed by atoms with Gasteiger partial charge in [-0.2, -0.15) is 0 Å². The average Bonchev–Trinajstić information content (AvgIpc) is 2.77. The molecule has 0 nitrogen and oxygen atoms in total. The first-order valence-electron chi connectivity index (χ1n) is 5.89. The van der Waals surface area contributed by atoms with Crippen LogP contribution in [0.2, 0.25) is 0 Å². The molecule has 0 radical (unpaired) electrons. The van der Waals surface area contributed by atoms with E-state index in [0.29, 0.717) is 0 Å². The van der Waals surface area contributed by atoms with Crippen LogP contribution in [0.5, 0.6) is 0 Å². The molecule has 2 aliphatic rings. The van der Waals surface area contributed by atoms with Crippen LogP contribution in [0.15, 0.2) is 30.3 Å². The molecule has 2 saturated carbocycles. The van der Waals surface area contributed by atoms with Gasteiger partial charge in [0.05, 0.1) is 0 Å². The number of rotatable bonds is 1. The van der Waals surface area contributed by atoms with Gasteiger partial charge in [-0.25, -0.2) is 0 Å². The summed E-state index contributed by atoms with van der Waals surface area (Å²) < 4.78 is 0. The first-order valence-corrected chi connectivity index (χ1v) is 5.89. The predicted molar refractivity (Wildman–Crippen MR) is 59.2 cm³/mol. The monoisotopic (exact) mass is 186 g/mol. The summed E-state index contributed by atoms with van der Waals surface area (Å²) in [6.45, 7) is 2.44. The Balaban J connectivity index is 1.84. The zero-order valence-electron chi connectivity index (χ0n) is 8.82. The summed E-state index contributed by atoms with van der Waals surface area (Å²) in [4.78, 5) is 0. The van der Waals surface area contributed by atoms with Gasteiger partial charge in [0.15, 0.2) is 0 Å². The smallest absolute Gasteiger partial charge is 0.0131 e. The van der Waals surface area contributed by atoms with E-state index in [-0.39, 0.29) is 0 Å². The van der Waals surface area contributed by atoms with Gasteiger partial charge in [-0.05, 0) is 48.5 Å². The molecule has 0 amide bonds. The molecule has 74 valence electrons. The number of benzene rings is 1. The SMILES string of the molecule is C[C@@H]1CC2CC1CC2c1ccccc1. The van der Waals surface area contributed by atoms with Gasteiger partial charge in [0.1, 0.15) is 0 Å². The molecule has 0 aromatic heterocycles. The predicted octanol–water partition coefficient (Wildman–Crippen LogP) is 3.84. The van der Waals surface area contributed by atoms with Crippen molar-refractivity contribution in [1.29, 1.82) is 0 Å². The lowest BCUT2D eigenvalue weighted by Gasteiger charge is -2.25. The highest BCUT2D eigenvalue weighted by atomic mass is 14.5. The Morgan fingerprint density at radius 3 is 2.29 bits per heavy atom. The quantitative estimate of drug-likeness (QED) is 0.625. The van der Waals surface area contributed by atoms with Crippen LogP contribution in [0.4, 0.5) is 0 Å². The number of hydrogen-bond donors (Lipinski definition) is 0. The normalized spacial score (nSPS) is 40.4. The molecule has 0 saturated heterocycles. The Labute approximate surface area is 86.3 Å². The van der Waals surface area contributed by atoms with Gasteiger partial charge < -0.3 is 0 Å². The van der Waals surface area contributed by atoms with Crippen molar-refractivity contribution in [3.63, 3.8) is 0 Å². The van der Waals surface area contributed by atoms with Gasteiger partial charge >= 0.3 is 0 Å². The standard InChI is InChI=1S/C14H18/c1-10-7-13-8-12(10)9-14(13)11-5-3-2-4-6-11/h2-6,10,12-14H,7-9H2,1H3/t10-,12?,13?,14?/m1/s1. The minimum Gasteiger partial charge on any atom is -0.0622 e. The van der Waals surface area contributed by atoms with E-state index in [1.54, 1.807) is 5.56 Å². The topological polar surface area (TPSA) is 0 Å². The van der Waals surface area contributed by atoms with Gasteiger partial charge in [-0.3, -0.25) is 0 Å². The van der Waals surface area contributed by atoms with Crippen LogP contribution in [-0.2, 0) is 0 Å². The highest BCUT2D eigenvalue weighted by Gasteiger charge is 2.43. The Morgan fingerprint density at radius 2 is 1.71 bits per heavy atom. The van der Waals surface area contributed by atoms with Crippen molar-refractivity contribution in [2.45, 2.75) is 32.1 Å². The maximum atomic E-state index is 2.44. The Hall–Kier alpha value is -0.780. The molecule has 0 spiro atoms. The first-order chi connectivity index (χ1) is 6.84. The van der Waals surface area contributed by atoms with E-state index < -0.39 is 0 Å². The first kappa shape index (κ1) is 8.52. The van der Waals surface area contributed by atoms with Gasteiger partial charge in [0, 0.05) is 0 Å². The summed E-state index contributed by atoms with van der Waals surface area (Å²) in [5.74, 6) is 3.92. The lowest BCUT2D eigenvalue weighted by molar-refractivity contribution is 0.327. The summed E-state index contributed by atoms with van der Waals surface area (Å²) in [6.07, 6.45) is 4.43. The minimum atomic E-state index is 0.886. The lowest BCUT2D eigenvalue weighted by atomic mass is 9.79. The van der Waals surface area contributed by atoms with Crippen LogP contribution < -0.4 is 0 Å². The zero-order chi connectivity index (χ0) is 9.54. The van der Waals surface area contributed by atoms with E-state index in [2.05, 4.69) is 37.3 Å². The maximum absolute atomic E-state index is 2.44. The van der Waals surface area contributed by atoms with Crippen LogP contribution in [0, 0.1) is 17.8 Å². The van der Waals surface area contributed by atoms with Crippen LogP contribution in [-0.4, -0.2) is 0 Å². The highest BCUT2D eigenvalue weighted by molar-refractivity contribution is 5.23. The molecule has 2 bridgehead atoms. The number of hydrogen-bond acceptors (Lipinski definition) is 0. The van der Waals surface area contributed by atoms with Crippen molar-refractivity contribution >= 4 is 0 Å². The number of fused-ring (bicyclic) bond motifs is 2. The van der Waals surface area contributed by atoms with Crippen molar-refractivity contribution in [2.24, 2.45) is 17.8 Å². The molecule has 4 atom stereocenters. The molecular formula is C14H18. The van der Waals surface area contributed by atoms with Crippen molar-refractivity contribution in [2.75, 3.05) is 0 Å². The second-order valence-electron chi connectivity index (χ2n) is 5.22. The van der Waals surface area contributed by atoms with E-state index in [4.69, 9.17) is 0 Å². The van der Waals surface area contributed by atoms with E-state index in [9.17, 15) is 0 Å². The van der Waals surface area contributed by atoms with Gasteiger partial charge in [-0.1, -0.05) is 37.3 Å². The third-order valence-corrected chi connectivity index (χ3v) is 4.44. The van der Waals surface area contributed by atoms with E-state index in [1.807, 2.05) is 0 Å². The van der Waals surface area contributed by atoms with Crippen LogP contribution in [0.25, 0.3) is 0 Å². The lowest BCUT2D eigenvalue weighted by Crippen LogP contribution is -2.14. The van der Waals surface area contributed by atoms with Crippen molar-refractivity contribution in [1.82, 2.24) is 0 Å². The zero-order valence-corrected chi connectivity index (χ0v) is 8.82. The Kier molecular flexibility index (Phi) is 1.90. The second kappa shape index (κ2) is 3.12. The fourth-order valence-electron chi connectivity index (χ4n) is 3.67. The molecule has 1 aromatic carbocycles. The third-order valence-electron chi connectivity index (χ3n) is 4.44. The Morgan fingerprint density at radius 1 is 0.929 bits per heavy atom. The molecule has 0 N–H and O–H groups in total. The molecule has 1 aromatic rings. The van der Waals surface area contributed by atoms with Crippen molar-refractivity contribution < 1.29 is 0 Å². The molecular weight excluding hydrogens is 168 g/mol. The minimum absolute atomic E-state index is 0.886. The molecule has 0 aliphatic heterocycles. The molecule has 0 heterocycles. The van der Waals surface area contributed by atoms with E-state index in [0.717, 1.165) is 23.7 Å². The fourth-order valence-corrected chi connectivity index (χ4v) is 3.67. The van der Waals surface area contributed by atoms with Gasteiger partial charge in [-0.15, -0.1) is 0 Å². The summed E-state index contributed by atoms with van der Waals surface area (Å²) in [6, 6.07) is 11.1. The molecule has 2 aliphatic carbocycles. The maximum Gasteiger partial charge on any atom is -0.0131 e. The van der Waals surface area contributed by atoms with E-state index >= 15 is 0 Å². The fraction of sp³-hybridized carbons (Fsp3) is 0.571. The summed E-state index contributed by atoms with van der Waals surface area (Å²) in [5, 5.41) is 0. The van der Waals surface area contributed by atoms with Gasteiger partial charge in [0.2, 0.25) is 0 Å². The molecule has 3 unspecified atom stereocenters. The molecule has 3 rings (SSSR count). The van der Waals surface area contributed by atoms with E-state index in [1.165, 1.54) is 19.3 Å². The van der Waals surface area contributed by atoms with Gasteiger partial charge in [0.25, 0.3) is 0 Å². The highest BCUT2D eigenvalue weighted by Crippen LogP contribution is 2.55. The third kappa shape index (κ3) is 1.20. The summed E-state index contributed by atoms with van der Waals surface area (Å²) >= 11 is 0. The van der Waals surface area contributed by atoms with Crippen LogP contribution in [0.3, 0.4) is 0 Å².